The average Bonchev–Trinajstić information content (AvgIpc) is 2.87. The minimum absolute atomic E-state index is 0.180. The van der Waals surface area contributed by atoms with Crippen molar-refractivity contribution in [3.63, 3.8) is 0 Å². The van der Waals surface area contributed by atoms with Crippen molar-refractivity contribution in [1.82, 2.24) is 5.32 Å². The maximum Gasteiger partial charge on any atom is 0.134 e. The van der Waals surface area contributed by atoms with E-state index in [0.29, 0.717) is 0 Å². The molecule has 1 aromatic heterocycles. The number of thiophene rings is 1. The Morgan fingerprint density at radius 3 is 2.25 bits per heavy atom. The summed E-state index contributed by atoms with van der Waals surface area (Å²) < 4.78 is 5.44. The molecule has 0 amide bonds. The maximum absolute atomic E-state index is 5.44. The average molecular weight is 289 g/mol. The lowest BCUT2D eigenvalue weighted by Gasteiger charge is -2.21. The second kappa shape index (κ2) is 5.98. The summed E-state index contributed by atoms with van der Waals surface area (Å²) >= 11 is 1.72. The predicted molar refractivity (Wildman–Crippen MR) is 86.9 cm³/mol. The first-order valence-corrected chi connectivity index (χ1v) is 7.74. The Kier molecular flexibility index (Phi) is 4.51. The third-order valence-corrected chi connectivity index (χ3v) is 4.50. The van der Waals surface area contributed by atoms with Gasteiger partial charge in [-0.25, -0.2) is 0 Å². The molecule has 1 atom stereocenters. The minimum atomic E-state index is 0.180. The first-order valence-electron chi connectivity index (χ1n) is 6.86. The van der Waals surface area contributed by atoms with Crippen molar-refractivity contribution in [3.8, 4) is 5.75 Å². The fourth-order valence-corrected chi connectivity index (χ4v) is 3.31. The van der Waals surface area contributed by atoms with E-state index in [0.717, 1.165) is 5.75 Å². The highest BCUT2D eigenvalue weighted by Gasteiger charge is 2.19. The van der Waals surface area contributed by atoms with E-state index in [1.165, 1.54) is 16.0 Å². The van der Waals surface area contributed by atoms with Gasteiger partial charge in [-0.15, -0.1) is 11.3 Å². The maximum atomic E-state index is 5.44. The third-order valence-electron chi connectivity index (χ3n) is 3.54. The molecule has 1 heterocycles. The van der Waals surface area contributed by atoms with Gasteiger partial charge in [-0.1, -0.05) is 45.0 Å². The summed E-state index contributed by atoms with van der Waals surface area (Å²) in [6, 6.07) is 11.1. The lowest BCUT2D eigenvalue weighted by molar-refractivity contribution is 0.408. The number of nitrogens with one attached hydrogen (secondary N) is 1. The largest absolute Gasteiger partial charge is 0.496 e. The molecule has 3 heteroatoms. The van der Waals surface area contributed by atoms with Crippen LogP contribution in [0.1, 0.15) is 42.8 Å². The zero-order valence-corrected chi connectivity index (χ0v) is 13.7. The topological polar surface area (TPSA) is 21.3 Å². The van der Waals surface area contributed by atoms with Gasteiger partial charge in [-0.2, -0.15) is 0 Å². The smallest absolute Gasteiger partial charge is 0.134 e. The molecule has 0 saturated heterocycles. The van der Waals surface area contributed by atoms with Crippen LogP contribution in [0.15, 0.2) is 35.7 Å². The summed E-state index contributed by atoms with van der Waals surface area (Å²) in [5, 5.41) is 5.46. The summed E-state index contributed by atoms with van der Waals surface area (Å²) in [6.45, 7) is 6.71. The van der Waals surface area contributed by atoms with Gasteiger partial charge in [-0.05, 0) is 35.0 Å². The van der Waals surface area contributed by atoms with Gasteiger partial charge in [0.15, 0.2) is 0 Å². The van der Waals surface area contributed by atoms with Crippen molar-refractivity contribution in [2.24, 2.45) is 0 Å². The molecule has 0 spiro atoms. The molecule has 2 rings (SSSR count). The van der Waals surface area contributed by atoms with Crippen molar-refractivity contribution in [3.05, 3.63) is 51.7 Å². The zero-order valence-electron chi connectivity index (χ0n) is 12.9. The molecule has 0 aliphatic carbocycles. The molecule has 0 aliphatic rings. The molecule has 0 fully saturated rings. The molecule has 1 unspecified atom stereocenters. The van der Waals surface area contributed by atoms with Crippen LogP contribution in [-0.2, 0) is 5.41 Å². The summed E-state index contributed by atoms with van der Waals surface area (Å²) in [4.78, 5) is 1.22. The van der Waals surface area contributed by atoms with Gasteiger partial charge in [0.2, 0.25) is 0 Å². The van der Waals surface area contributed by atoms with E-state index in [9.17, 15) is 0 Å². The minimum Gasteiger partial charge on any atom is -0.496 e. The second-order valence-corrected chi connectivity index (χ2v) is 6.89. The van der Waals surface area contributed by atoms with Crippen molar-refractivity contribution < 1.29 is 4.74 Å². The van der Waals surface area contributed by atoms with Crippen LogP contribution in [0.25, 0.3) is 0 Å². The van der Waals surface area contributed by atoms with Crippen LogP contribution in [0.4, 0.5) is 0 Å². The molecule has 0 aliphatic heterocycles. The van der Waals surface area contributed by atoms with Crippen LogP contribution in [-0.4, -0.2) is 14.2 Å². The standard InChI is InChI=1S/C17H23NOS/c1-17(2,3)13-8-6-12(7-9-13)15(18-4)16-14(19-5)10-11-20-16/h6-11,15,18H,1-5H3. The Labute approximate surface area is 125 Å². The van der Waals surface area contributed by atoms with E-state index in [1.54, 1.807) is 18.4 Å². The number of ether oxygens (including phenoxy) is 1. The van der Waals surface area contributed by atoms with Gasteiger partial charge in [-0.3, -0.25) is 0 Å². The molecular weight excluding hydrogens is 266 g/mol. The van der Waals surface area contributed by atoms with Crippen LogP contribution in [0.2, 0.25) is 0 Å². The monoisotopic (exact) mass is 289 g/mol. The fraction of sp³-hybridized carbons (Fsp3) is 0.412. The highest BCUT2D eigenvalue weighted by Crippen LogP contribution is 2.35. The van der Waals surface area contributed by atoms with Crippen molar-refractivity contribution in [1.29, 1.82) is 0 Å². The molecule has 0 saturated carbocycles. The number of rotatable bonds is 4. The van der Waals surface area contributed by atoms with Gasteiger partial charge in [0, 0.05) is 0 Å². The number of methoxy groups -OCH3 is 1. The predicted octanol–water partition coefficient (Wildman–Crippen LogP) is 4.36. The molecular formula is C17H23NOS. The van der Waals surface area contributed by atoms with E-state index in [-0.39, 0.29) is 11.5 Å². The number of hydrogen-bond acceptors (Lipinski definition) is 3. The van der Waals surface area contributed by atoms with Crippen LogP contribution >= 0.6 is 11.3 Å². The summed E-state index contributed by atoms with van der Waals surface area (Å²) in [7, 11) is 3.71. The molecule has 20 heavy (non-hydrogen) atoms. The van der Waals surface area contributed by atoms with E-state index in [2.05, 4.69) is 55.7 Å². The zero-order chi connectivity index (χ0) is 14.8. The first kappa shape index (κ1) is 15.1. The van der Waals surface area contributed by atoms with Crippen LogP contribution in [0, 0.1) is 0 Å². The molecule has 1 N–H and O–H groups in total. The first-order chi connectivity index (χ1) is 9.47. The highest BCUT2D eigenvalue weighted by molar-refractivity contribution is 7.10. The lowest BCUT2D eigenvalue weighted by Crippen LogP contribution is -2.18. The molecule has 1 aromatic carbocycles. The van der Waals surface area contributed by atoms with Gasteiger partial charge >= 0.3 is 0 Å². The number of hydrogen-bond donors (Lipinski definition) is 1. The quantitative estimate of drug-likeness (QED) is 0.903. The van der Waals surface area contributed by atoms with Crippen molar-refractivity contribution in [2.75, 3.05) is 14.2 Å². The number of benzene rings is 1. The van der Waals surface area contributed by atoms with E-state index >= 15 is 0 Å². The Hall–Kier alpha value is -1.32. The fourth-order valence-electron chi connectivity index (χ4n) is 2.31. The third kappa shape index (κ3) is 3.05. The van der Waals surface area contributed by atoms with Crippen LogP contribution in [0.3, 0.4) is 0 Å². The molecule has 108 valence electrons. The normalized spacial score (nSPS) is 13.2. The Bertz CT molecular complexity index is 551. The van der Waals surface area contributed by atoms with E-state index in [1.807, 2.05) is 13.1 Å². The lowest BCUT2D eigenvalue weighted by atomic mass is 9.86. The van der Waals surface area contributed by atoms with E-state index < -0.39 is 0 Å². The molecule has 2 aromatic rings. The van der Waals surface area contributed by atoms with Crippen LogP contribution in [0.5, 0.6) is 5.75 Å². The summed E-state index contributed by atoms with van der Waals surface area (Å²) in [5.41, 5.74) is 2.81. The van der Waals surface area contributed by atoms with Crippen LogP contribution < -0.4 is 10.1 Å². The van der Waals surface area contributed by atoms with Gasteiger partial charge < -0.3 is 10.1 Å². The van der Waals surface area contributed by atoms with Gasteiger partial charge in [0.1, 0.15) is 5.75 Å². The SMILES string of the molecule is CNC(c1ccc(C(C)(C)C)cc1)c1sccc1OC. The summed E-state index contributed by atoms with van der Waals surface area (Å²) in [5.74, 6) is 0.953. The van der Waals surface area contributed by atoms with Crippen molar-refractivity contribution >= 4 is 11.3 Å². The molecule has 0 bridgehead atoms. The Morgan fingerprint density at radius 1 is 1.10 bits per heavy atom. The van der Waals surface area contributed by atoms with Gasteiger partial charge in [0.05, 0.1) is 18.0 Å². The van der Waals surface area contributed by atoms with Crippen molar-refractivity contribution in [2.45, 2.75) is 32.2 Å². The van der Waals surface area contributed by atoms with E-state index in [4.69, 9.17) is 4.74 Å². The Morgan fingerprint density at radius 2 is 1.75 bits per heavy atom. The second-order valence-electron chi connectivity index (χ2n) is 5.95. The molecule has 2 nitrogen and oxygen atoms in total. The Balaban J connectivity index is 2.33. The summed E-state index contributed by atoms with van der Waals surface area (Å²) in [6.07, 6.45) is 0. The molecule has 0 radical (unpaired) electrons. The highest BCUT2D eigenvalue weighted by atomic mass is 32.1. The van der Waals surface area contributed by atoms with Gasteiger partial charge in [0.25, 0.3) is 0 Å².